The minimum absolute atomic E-state index is 0.113. The molecule has 284 valence electrons. The first-order valence-electron chi connectivity index (χ1n) is 19.9. The number of imidazole rings is 1. The highest BCUT2D eigenvalue weighted by Gasteiger charge is 2.25. The average Bonchev–Trinajstić information content (AvgIpc) is 3.59. The van der Waals surface area contributed by atoms with Crippen LogP contribution < -0.4 is 0 Å². The molecule has 0 unspecified atom stereocenters. The molecule has 8 aromatic rings. The van der Waals surface area contributed by atoms with Gasteiger partial charge in [0.2, 0.25) is 0 Å². The highest BCUT2D eigenvalue weighted by molar-refractivity contribution is 5.97. The van der Waals surface area contributed by atoms with Gasteiger partial charge >= 0.3 is 0 Å². The lowest BCUT2D eigenvalue weighted by molar-refractivity contribution is 0.472. The Labute approximate surface area is 337 Å². The van der Waals surface area contributed by atoms with Gasteiger partial charge in [-0.2, -0.15) is 0 Å². The van der Waals surface area contributed by atoms with Gasteiger partial charge in [0, 0.05) is 23.0 Å². The number of phenolic OH excluding ortho intramolecular Hbond substituents is 1. The maximum atomic E-state index is 11.7. The van der Waals surface area contributed by atoms with Crippen LogP contribution in [0.15, 0.2) is 140 Å². The highest BCUT2D eigenvalue weighted by Crippen LogP contribution is 2.42. The Hall–Kier alpha value is -6.26. The van der Waals surface area contributed by atoms with E-state index in [0.29, 0.717) is 11.4 Å². The molecule has 0 aliphatic carbocycles. The molecule has 6 aromatic carbocycles. The number of rotatable bonds is 6. The van der Waals surface area contributed by atoms with Crippen molar-refractivity contribution in [3.63, 3.8) is 0 Å². The van der Waals surface area contributed by atoms with Gasteiger partial charge in [-0.1, -0.05) is 132 Å². The summed E-state index contributed by atoms with van der Waals surface area (Å²) in [5.74, 6) is 0.942. The van der Waals surface area contributed by atoms with Crippen molar-refractivity contribution in [1.29, 1.82) is 0 Å². The summed E-state index contributed by atoms with van der Waals surface area (Å²) in [6, 6.07) is 47.7. The summed E-state index contributed by atoms with van der Waals surface area (Å²) < 4.78 is 2.25. The van der Waals surface area contributed by atoms with Gasteiger partial charge in [0.1, 0.15) is 11.6 Å². The van der Waals surface area contributed by atoms with E-state index >= 15 is 0 Å². The predicted molar refractivity (Wildman–Crippen MR) is 239 cm³/mol. The van der Waals surface area contributed by atoms with E-state index in [4.69, 9.17) is 9.97 Å². The maximum absolute atomic E-state index is 11.7. The number of phenols is 1. The molecular weight excluding hydrogens is 695 g/mol. The maximum Gasteiger partial charge on any atom is 0.149 e. The fourth-order valence-electron chi connectivity index (χ4n) is 7.75. The quantitative estimate of drug-likeness (QED) is 0.184. The van der Waals surface area contributed by atoms with Gasteiger partial charge in [0.25, 0.3) is 0 Å². The minimum atomic E-state index is -0.121. The normalized spacial score (nSPS) is 12.0. The van der Waals surface area contributed by atoms with Gasteiger partial charge in [-0.25, -0.2) is 4.98 Å². The molecule has 0 fully saturated rings. The lowest BCUT2D eigenvalue weighted by Gasteiger charge is -2.23. The number of hydrogen-bond acceptors (Lipinski definition) is 3. The summed E-state index contributed by atoms with van der Waals surface area (Å²) >= 11 is 0. The van der Waals surface area contributed by atoms with Crippen molar-refractivity contribution in [1.82, 2.24) is 14.5 Å². The summed E-state index contributed by atoms with van der Waals surface area (Å²) in [7, 11) is 0. The molecule has 0 spiro atoms. The molecule has 57 heavy (non-hydrogen) atoms. The first-order chi connectivity index (χ1) is 27.1. The first-order valence-corrected chi connectivity index (χ1v) is 19.9. The van der Waals surface area contributed by atoms with E-state index in [0.717, 1.165) is 66.9 Å². The zero-order valence-electron chi connectivity index (χ0n) is 34.6. The summed E-state index contributed by atoms with van der Waals surface area (Å²) in [5, 5.41) is 11.7. The molecule has 2 aromatic heterocycles. The number of aromatic nitrogens is 3. The number of benzene rings is 6. The Bertz CT molecular complexity index is 2780. The van der Waals surface area contributed by atoms with Crippen molar-refractivity contribution in [2.45, 2.75) is 73.1 Å². The molecule has 0 amide bonds. The van der Waals surface area contributed by atoms with Gasteiger partial charge < -0.3 is 5.11 Å². The summed E-state index contributed by atoms with van der Waals surface area (Å²) in [6.45, 7) is 19.7. The topological polar surface area (TPSA) is 50.9 Å². The molecule has 4 nitrogen and oxygen atoms in total. The van der Waals surface area contributed by atoms with Crippen LogP contribution in [0.2, 0.25) is 0 Å². The number of aryl methyl sites for hydroxylation is 3. The van der Waals surface area contributed by atoms with Crippen LogP contribution in [0.4, 0.5) is 0 Å². The lowest BCUT2D eigenvalue weighted by atomic mass is 9.83. The largest absolute Gasteiger partial charge is 0.507 e. The van der Waals surface area contributed by atoms with Crippen LogP contribution in [0.3, 0.4) is 0 Å². The number of aromatic hydroxyl groups is 1. The molecular formula is C53H51N3O. The van der Waals surface area contributed by atoms with Gasteiger partial charge in [-0.3, -0.25) is 9.55 Å². The summed E-state index contributed by atoms with van der Waals surface area (Å²) in [6.07, 6.45) is 1.91. The molecule has 0 atom stereocenters. The van der Waals surface area contributed by atoms with Crippen LogP contribution in [-0.2, 0) is 10.8 Å². The number of pyridine rings is 1. The third-order valence-electron chi connectivity index (χ3n) is 11.1. The molecule has 0 aliphatic rings. The lowest BCUT2D eigenvalue weighted by Crippen LogP contribution is -2.12. The molecule has 0 saturated heterocycles. The number of hydrogen-bond donors (Lipinski definition) is 1. The Morgan fingerprint density at radius 2 is 1.18 bits per heavy atom. The van der Waals surface area contributed by atoms with E-state index in [-0.39, 0.29) is 16.6 Å². The molecule has 0 radical (unpaired) electrons. The second-order valence-electron chi connectivity index (χ2n) is 17.7. The monoisotopic (exact) mass is 745 g/mol. The van der Waals surface area contributed by atoms with E-state index < -0.39 is 0 Å². The molecule has 8 rings (SSSR count). The van der Waals surface area contributed by atoms with Crippen LogP contribution in [0.5, 0.6) is 5.75 Å². The van der Waals surface area contributed by atoms with Crippen LogP contribution in [0, 0.1) is 20.8 Å². The minimum Gasteiger partial charge on any atom is -0.507 e. The third kappa shape index (κ3) is 7.40. The predicted octanol–water partition coefficient (Wildman–Crippen LogP) is 14.0. The third-order valence-corrected chi connectivity index (χ3v) is 11.1. The number of nitrogens with zero attached hydrogens (tertiary/aromatic N) is 3. The summed E-state index contributed by atoms with van der Waals surface area (Å²) in [5.41, 5.74) is 17.5. The van der Waals surface area contributed by atoms with Crippen molar-refractivity contribution in [2.75, 3.05) is 0 Å². The number of para-hydroxylation sites is 1. The average molecular weight is 746 g/mol. The van der Waals surface area contributed by atoms with Gasteiger partial charge in [-0.05, 0) is 130 Å². The Kier molecular flexibility index (Phi) is 9.48. The zero-order chi connectivity index (χ0) is 40.2. The van der Waals surface area contributed by atoms with Gasteiger partial charge in [-0.15, -0.1) is 0 Å². The molecule has 1 N–H and O–H groups in total. The van der Waals surface area contributed by atoms with Crippen molar-refractivity contribution in [3.05, 3.63) is 167 Å². The zero-order valence-corrected chi connectivity index (χ0v) is 34.6. The molecule has 4 heteroatoms. The van der Waals surface area contributed by atoms with E-state index in [1.54, 1.807) is 0 Å². The van der Waals surface area contributed by atoms with Crippen LogP contribution in [-0.4, -0.2) is 19.6 Å². The first kappa shape index (κ1) is 37.7. The second-order valence-corrected chi connectivity index (χ2v) is 17.7. The number of fused-ring (bicyclic) bond motifs is 1. The summed E-state index contributed by atoms with van der Waals surface area (Å²) in [4.78, 5) is 10.4. The van der Waals surface area contributed by atoms with Crippen molar-refractivity contribution >= 4 is 11.0 Å². The van der Waals surface area contributed by atoms with E-state index in [1.807, 2.05) is 19.2 Å². The molecule has 0 bridgehead atoms. The van der Waals surface area contributed by atoms with Crippen LogP contribution >= 0.6 is 0 Å². The van der Waals surface area contributed by atoms with Crippen LogP contribution in [0.25, 0.3) is 72.7 Å². The Morgan fingerprint density at radius 1 is 0.509 bits per heavy atom. The standard InChI is InChI=1S/C53H51N3O/c1-33-18-20-37(21-19-33)38-22-23-54-47(31-38)41-26-40(28-42(29-41)52(4,5)6)45-16-13-17-48-49(45)55-51(46-25-34(2)24-35(3)50(46)57)56(48)44-30-39(36-14-11-10-12-15-36)27-43(32-44)53(7,8)9/h10-32,57H,1-9H3. The Balaban J connectivity index is 1.40. The second kappa shape index (κ2) is 14.4. The van der Waals surface area contributed by atoms with Crippen LogP contribution in [0.1, 0.15) is 69.4 Å². The van der Waals surface area contributed by atoms with Crippen molar-refractivity contribution in [2.24, 2.45) is 0 Å². The van der Waals surface area contributed by atoms with Gasteiger partial charge in [0.15, 0.2) is 0 Å². The van der Waals surface area contributed by atoms with E-state index in [9.17, 15) is 5.11 Å². The van der Waals surface area contributed by atoms with Crippen molar-refractivity contribution < 1.29 is 5.11 Å². The molecule has 0 saturated carbocycles. The van der Waals surface area contributed by atoms with E-state index in [2.05, 4.69) is 187 Å². The van der Waals surface area contributed by atoms with Crippen molar-refractivity contribution in [3.8, 4) is 67.5 Å². The van der Waals surface area contributed by atoms with Gasteiger partial charge in [0.05, 0.1) is 22.3 Å². The Morgan fingerprint density at radius 3 is 1.89 bits per heavy atom. The SMILES string of the molecule is Cc1ccc(-c2ccnc(-c3cc(-c4cccc5c4nc(-c4cc(C)cc(C)c4O)n5-c4cc(-c5ccccc5)cc(C(C)(C)C)c4)cc(C(C)(C)C)c3)c2)cc1. The highest BCUT2D eigenvalue weighted by atomic mass is 16.3. The molecule has 0 aliphatic heterocycles. The fraction of sp³-hybridized carbons (Fsp3) is 0.208. The van der Waals surface area contributed by atoms with E-state index in [1.165, 1.54) is 22.3 Å². The fourth-order valence-corrected chi connectivity index (χ4v) is 7.75. The smallest absolute Gasteiger partial charge is 0.149 e. The molecule has 2 heterocycles.